The van der Waals surface area contributed by atoms with Crippen LogP contribution in [0.3, 0.4) is 0 Å². The van der Waals surface area contributed by atoms with E-state index in [0.717, 1.165) is 27.8 Å². The van der Waals surface area contributed by atoms with Crippen LogP contribution in [0.1, 0.15) is 103 Å². The van der Waals surface area contributed by atoms with Crippen LogP contribution >= 0.6 is 0 Å². The molecule has 50 heteroatoms. The van der Waals surface area contributed by atoms with E-state index < -0.39 is 122 Å². The molecule has 10 aliphatic heterocycles. The number of nitrogens with zero attached hydrogens (tertiary/aromatic N) is 20. The van der Waals surface area contributed by atoms with Crippen molar-refractivity contribution in [3.8, 4) is 28.7 Å². The number of fused-ring (bicyclic) bond motifs is 5. The number of hydrogen-bond donors (Lipinski definition) is 0. The molecule has 15 unspecified atom stereocenters. The monoisotopic (exact) mass is 2060 g/mol. The smallest absolute Gasteiger partial charge is 0.328 e. The minimum absolute atomic E-state index is 0.109. The van der Waals surface area contributed by atoms with E-state index in [0.29, 0.717) is 60.9 Å². The van der Waals surface area contributed by atoms with Crippen molar-refractivity contribution in [1.82, 2.24) is 98.0 Å². The summed E-state index contributed by atoms with van der Waals surface area (Å²) in [5.41, 5.74) is 4.68. The van der Waals surface area contributed by atoms with Crippen molar-refractivity contribution >= 4 is 60.3 Å². The fourth-order valence-corrected chi connectivity index (χ4v) is 21.7. The minimum Gasteiger partial charge on any atom is -0.473 e. The zero-order valence-corrected chi connectivity index (χ0v) is 86.1. The number of carbonyl (C=O) groups is 10. The largest absolute Gasteiger partial charge is 0.473 e. The highest BCUT2D eigenvalue weighted by Crippen LogP contribution is 2.49. The highest BCUT2D eigenvalue weighted by molar-refractivity contribution is 5.89. The molecule has 804 valence electrons. The Balaban J connectivity index is 0.797. The van der Waals surface area contributed by atoms with Crippen LogP contribution in [-0.4, -0.2) is 461 Å². The number of benzene rings is 5. The van der Waals surface area contributed by atoms with Gasteiger partial charge in [0.15, 0.2) is 95.3 Å². The summed E-state index contributed by atoms with van der Waals surface area (Å²) in [6.45, 7) is 0.891. The minimum atomic E-state index is -0.881. The average molecular weight is 2060 g/mol. The zero-order chi connectivity index (χ0) is 105. The van der Waals surface area contributed by atoms with E-state index in [2.05, 4.69) is 13.8 Å². The third kappa shape index (κ3) is 21.7. The molecule has 10 aliphatic rings. The molecule has 5 aromatic rings. The van der Waals surface area contributed by atoms with Gasteiger partial charge in [0.1, 0.15) is 130 Å². The molecule has 0 spiro atoms. The molecule has 10 fully saturated rings. The van der Waals surface area contributed by atoms with E-state index in [4.69, 9.17) is 94.7 Å². The standard InChI is InChI=1S/C97H136N20O30/c1-18-64(66-21-31-74(32-22-66)144-59-114-84-79(104(49-134-9)94(114)124)99(44-129-4)89(119)109(84)54-139-14)40-71(68-25-35-76(36-26-68)146-61-116-86-81(106(51-136-11)96(116)126)101(46-131-6)91(121)111(86)56-141-16)42-72(69-27-37-77(38-28-69)147-62-117-87-82(107(52-137-12)97(117)127)102(47-132-7)92(122)112(87)57-142-17)41-70(67-23-33-75(34-24-67)145-60-115-85-80(105(50-135-10)95(115)125)100(45-130-5)90(120)110(85)55-140-15)39-63(2)65-19-29-73(30-20-65)143-58-113-83-78(103(48-133-8)93(113)123)98(43-128-3)88(118)108(83)53-138-13/h19-38,63-64,70-72,78-87H,18,39-62H2,1-17H3. The van der Waals surface area contributed by atoms with E-state index in [1.54, 1.807) is 0 Å². The lowest BCUT2D eigenvalue weighted by atomic mass is 9.73. The molecule has 0 radical (unpaired) electrons. The van der Waals surface area contributed by atoms with Crippen LogP contribution in [0, 0.1) is 0 Å². The molecular formula is C97H136N20O30. The van der Waals surface area contributed by atoms with Gasteiger partial charge in [0.25, 0.3) is 0 Å². The second-order valence-electron chi connectivity index (χ2n) is 36.9. The molecule has 20 amide bonds. The van der Waals surface area contributed by atoms with Gasteiger partial charge in [-0.2, -0.15) is 0 Å². The van der Waals surface area contributed by atoms with Crippen LogP contribution in [0.5, 0.6) is 28.7 Å². The van der Waals surface area contributed by atoms with Crippen LogP contribution in [0.15, 0.2) is 121 Å². The van der Waals surface area contributed by atoms with Crippen LogP contribution in [0.4, 0.5) is 47.9 Å². The molecule has 0 saturated carbocycles. The number of methoxy groups -OCH3 is 15. The van der Waals surface area contributed by atoms with E-state index >= 15 is 0 Å². The van der Waals surface area contributed by atoms with Crippen molar-refractivity contribution in [2.75, 3.05) is 241 Å². The maximum absolute atomic E-state index is 14.7. The number of hydrogen-bond acceptors (Lipinski definition) is 30. The molecule has 0 N–H and O–H groups in total. The first-order valence-electron chi connectivity index (χ1n) is 48.1. The normalized spacial score (nSPS) is 22.9. The van der Waals surface area contributed by atoms with Crippen molar-refractivity contribution in [2.45, 2.75) is 137 Å². The Morgan fingerprint density at radius 1 is 0.177 bits per heavy atom. The van der Waals surface area contributed by atoms with E-state index in [-0.39, 0.29) is 164 Å². The summed E-state index contributed by atoms with van der Waals surface area (Å²) < 4.78 is 116. The molecule has 50 nitrogen and oxygen atoms in total. The highest BCUT2D eigenvalue weighted by atomic mass is 16.6. The molecule has 0 aliphatic carbocycles. The SMILES string of the molecule is CCC(CC(CC(CC(CC(C)c1ccc(OCN2C(=O)N(COC)C3C2N(COC)C(=O)N3COC)cc1)c1ccc(OCN2C(=O)N(COC)C3C2N(COC)C(=O)N3COC)cc1)c1ccc(OCN2C(=O)N(COC)C3C2N(COC)C(=O)N3COC)cc1)c1ccc(OCN2C(=O)N(COC)C3C2N(COC)C(=O)N3COC)cc1)c1ccc(OCN2C(=O)N(COC)C3C2N(COC)C(=O)N3COC)cc1. The highest BCUT2D eigenvalue weighted by Gasteiger charge is 2.65. The molecule has 10 saturated heterocycles. The predicted octanol–water partition coefficient (Wildman–Crippen LogP) is 8.27. The molecular weight excluding hydrogens is 1930 g/mol. The number of urea groups is 10. The quantitative estimate of drug-likeness (QED) is 0.0353. The summed E-state index contributed by atoms with van der Waals surface area (Å²) in [6, 6.07) is 34.4. The van der Waals surface area contributed by atoms with Gasteiger partial charge in [0, 0.05) is 107 Å². The zero-order valence-electron chi connectivity index (χ0n) is 86.1. The van der Waals surface area contributed by atoms with Crippen molar-refractivity contribution in [2.24, 2.45) is 0 Å². The van der Waals surface area contributed by atoms with Gasteiger partial charge < -0.3 is 94.7 Å². The Morgan fingerprint density at radius 3 is 0.442 bits per heavy atom. The lowest BCUT2D eigenvalue weighted by molar-refractivity contribution is -0.00784. The fraction of sp³-hybridized carbons (Fsp3) is 0.588. The Morgan fingerprint density at radius 2 is 0.299 bits per heavy atom. The third-order valence-corrected chi connectivity index (χ3v) is 28.2. The van der Waals surface area contributed by atoms with E-state index in [1.807, 2.05) is 121 Å². The Labute approximate surface area is 853 Å². The van der Waals surface area contributed by atoms with Gasteiger partial charge in [0.2, 0.25) is 0 Å². The Hall–Kier alpha value is -12.8. The molecule has 15 rings (SSSR count). The van der Waals surface area contributed by atoms with Gasteiger partial charge in [-0.15, -0.1) is 0 Å². The van der Waals surface area contributed by atoms with Gasteiger partial charge in [-0.3, -0.25) is 98.0 Å². The van der Waals surface area contributed by atoms with Gasteiger partial charge >= 0.3 is 60.3 Å². The first-order valence-corrected chi connectivity index (χ1v) is 48.1. The molecule has 0 aromatic heterocycles. The topological polar surface area (TPSA) is 420 Å². The lowest BCUT2D eigenvalue weighted by Crippen LogP contribution is -2.48. The predicted molar refractivity (Wildman–Crippen MR) is 515 cm³/mol. The summed E-state index contributed by atoms with van der Waals surface area (Å²) >= 11 is 0. The van der Waals surface area contributed by atoms with Crippen LogP contribution in [0.2, 0.25) is 0 Å². The summed E-state index contributed by atoms with van der Waals surface area (Å²) in [7, 11) is 21.9. The van der Waals surface area contributed by atoms with E-state index in [9.17, 15) is 47.9 Å². The lowest BCUT2D eigenvalue weighted by Gasteiger charge is -2.32. The number of carbonyl (C=O) groups excluding carboxylic acids is 10. The number of rotatable bonds is 59. The summed E-state index contributed by atoms with van der Waals surface area (Å²) in [5.74, 6) is 0.816. The number of ether oxygens (including phenoxy) is 20. The molecule has 147 heavy (non-hydrogen) atoms. The van der Waals surface area contributed by atoms with Gasteiger partial charge in [-0.05, 0) is 150 Å². The summed E-state index contributed by atoms with van der Waals surface area (Å²) in [6.07, 6.45) is -5.69. The van der Waals surface area contributed by atoms with Crippen LogP contribution in [0.25, 0.3) is 0 Å². The maximum Gasteiger partial charge on any atom is 0.328 e. The van der Waals surface area contributed by atoms with Crippen LogP contribution in [-0.2, 0) is 71.1 Å². The second kappa shape index (κ2) is 49.3. The average Bonchev–Trinajstić information content (AvgIpc) is 1.59. The van der Waals surface area contributed by atoms with Crippen molar-refractivity contribution in [3.63, 3.8) is 0 Å². The molecule has 0 bridgehead atoms. The third-order valence-electron chi connectivity index (χ3n) is 28.2. The van der Waals surface area contributed by atoms with Crippen LogP contribution < -0.4 is 23.7 Å². The van der Waals surface area contributed by atoms with Gasteiger partial charge in [0.05, 0.1) is 0 Å². The van der Waals surface area contributed by atoms with Crippen molar-refractivity contribution < 1.29 is 143 Å². The molecule has 15 atom stereocenters. The number of amides is 20. The van der Waals surface area contributed by atoms with Gasteiger partial charge in [-0.25, -0.2) is 47.9 Å². The fourth-order valence-electron chi connectivity index (χ4n) is 21.7. The Kier molecular flexibility index (Phi) is 36.4. The Bertz CT molecular complexity index is 5260. The first kappa shape index (κ1) is 108. The van der Waals surface area contributed by atoms with Crippen molar-refractivity contribution in [1.29, 1.82) is 0 Å². The summed E-state index contributed by atoms with van der Waals surface area (Å²) in [5, 5.41) is 0. The first-order chi connectivity index (χ1) is 71.4. The van der Waals surface area contributed by atoms with Gasteiger partial charge in [-0.1, -0.05) is 74.5 Å². The second-order valence-corrected chi connectivity index (χ2v) is 36.9. The van der Waals surface area contributed by atoms with E-state index in [1.165, 1.54) is 205 Å². The maximum atomic E-state index is 14.7. The van der Waals surface area contributed by atoms with Crippen molar-refractivity contribution in [3.05, 3.63) is 149 Å². The molecule has 10 heterocycles. The summed E-state index contributed by atoms with van der Waals surface area (Å²) in [4.78, 5) is 172. The molecule has 5 aromatic carbocycles.